The molecule has 16 heteroatoms. The number of hydrogen-bond donors (Lipinski definition) is 3. The summed E-state index contributed by atoms with van der Waals surface area (Å²) in [4.78, 5) is 41.7. The van der Waals surface area contributed by atoms with E-state index in [4.69, 9.17) is 32.3 Å². The highest BCUT2D eigenvalue weighted by atomic mass is 35.5. The maximum Gasteiger partial charge on any atom is 0.264 e. The van der Waals surface area contributed by atoms with Gasteiger partial charge in [0.05, 0.1) is 45.0 Å². The molecule has 3 amide bonds. The van der Waals surface area contributed by atoms with Crippen LogP contribution in [0.2, 0.25) is 10.0 Å². The lowest BCUT2D eigenvalue weighted by atomic mass is 10.1. The predicted molar refractivity (Wildman–Crippen MR) is 143 cm³/mol. The molecule has 0 fully saturated rings. The van der Waals surface area contributed by atoms with Gasteiger partial charge in [0.25, 0.3) is 10.0 Å². The third-order valence-electron chi connectivity index (χ3n) is 4.55. The molecule has 1 unspecified atom stereocenters. The first-order chi connectivity index (χ1) is 18.0. The minimum atomic E-state index is -4.18. The summed E-state index contributed by atoms with van der Waals surface area (Å²) in [7, 11) is -4.18. The average molecular weight is 607 g/mol. The molecular weight excluding hydrogens is 583 g/mol. The average Bonchev–Trinajstić information content (AvgIpc) is 2.88. The summed E-state index contributed by atoms with van der Waals surface area (Å²) in [6.07, 6.45) is 1.02. The number of halogens is 2. The Morgan fingerprint density at radius 2 is 1.63 bits per heavy atom. The molecule has 0 aromatic heterocycles. The van der Waals surface area contributed by atoms with Crippen LogP contribution in [0.1, 0.15) is 27.2 Å². The van der Waals surface area contributed by atoms with Crippen LogP contribution in [-0.2, 0) is 38.5 Å². The molecule has 38 heavy (non-hydrogen) atoms. The number of oxime groups is 1. The Balaban J connectivity index is 2.07. The van der Waals surface area contributed by atoms with E-state index in [0.717, 1.165) is 24.5 Å². The summed E-state index contributed by atoms with van der Waals surface area (Å²) >= 11 is 13.0. The van der Waals surface area contributed by atoms with E-state index in [1.165, 1.54) is 38.1 Å². The van der Waals surface area contributed by atoms with Crippen molar-refractivity contribution in [1.82, 2.24) is 4.72 Å². The molecule has 2 aromatic rings. The SMILES string of the molecule is CCO/C=N\OOSc1ccc(Cl)c(NC(=O)C(C)C(=O)Nc2cc(S(=O)(=O)NC(=O)CC)ccc2Cl)c1. The van der Waals surface area contributed by atoms with E-state index >= 15 is 0 Å². The number of hydrogen-bond acceptors (Lipinski definition) is 10. The summed E-state index contributed by atoms with van der Waals surface area (Å²) in [6.45, 7) is 5.01. The molecule has 2 rings (SSSR count). The second-order valence-corrected chi connectivity index (χ2v) is 10.5. The van der Waals surface area contributed by atoms with Crippen molar-refractivity contribution in [1.29, 1.82) is 0 Å². The maximum absolute atomic E-state index is 12.7. The molecule has 2 aromatic carbocycles. The first-order valence-corrected chi connectivity index (χ1v) is 13.9. The van der Waals surface area contributed by atoms with Gasteiger partial charge in [0.1, 0.15) is 5.92 Å². The topological polar surface area (TPSA) is 161 Å². The quantitative estimate of drug-likeness (QED) is 0.0572. The van der Waals surface area contributed by atoms with Crippen molar-refractivity contribution in [3.8, 4) is 0 Å². The van der Waals surface area contributed by atoms with E-state index in [1.807, 2.05) is 4.72 Å². The van der Waals surface area contributed by atoms with Crippen LogP contribution in [0.5, 0.6) is 0 Å². The van der Waals surface area contributed by atoms with Gasteiger partial charge >= 0.3 is 0 Å². The Morgan fingerprint density at radius 1 is 1.03 bits per heavy atom. The highest BCUT2D eigenvalue weighted by Crippen LogP contribution is 2.30. The summed E-state index contributed by atoms with van der Waals surface area (Å²) in [6, 6.07) is 8.08. The fourth-order valence-corrected chi connectivity index (χ4v) is 4.34. The summed E-state index contributed by atoms with van der Waals surface area (Å²) < 4.78 is 36.3. The van der Waals surface area contributed by atoms with Gasteiger partial charge in [-0.2, -0.15) is 0 Å². The molecule has 0 aliphatic heterocycles. The van der Waals surface area contributed by atoms with Gasteiger partial charge in [-0.3, -0.25) is 14.4 Å². The lowest BCUT2D eigenvalue weighted by Gasteiger charge is -2.15. The Labute approximate surface area is 233 Å². The Hall–Kier alpha value is -3.04. The fourth-order valence-electron chi connectivity index (χ4n) is 2.50. The van der Waals surface area contributed by atoms with Crippen molar-refractivity contribution >= 4 is 80.8 Å². The van der Waals surface area contributed by atoms with Gasteiger partial charge in [-0.1, -0.05) is 34.5 Å². The molecule has 0 aliphatic carbocycles. The lowest BCUT2D eigenvalue weighted by Crippen LogP contribution is -2.32. The highest BCUT2D eigenvalue weighted by Gasteiger charge is 2.24. The van der Waals surface area contributed by atoms with Crippen molar-refractivity contribution in [3.63, 3.8) is 0 Å². The van der Waals surface area contributed by atoms with Crippen molar-refractivity contribution < 1.29 is 36.9 Å². The second kappa shape index (κ2) is 14.8. The number of nitrogens with one attached hydrogen (secondary N) is 3. The monoisotopic (exact) mass is 606 g/mol. The molecule has 0 aliphatic rings. The number of nitrogens with zero attached hydrogens (tertiary/aromatic N) is 1. The number of carbonyl (C=O) groups excluding carboxylic acids is 3. The van der Waals surface area contributed by atoms with Gasteiger partial charge in [0, 0.05) is 11.3 Å². The van der Waals surface area contributed by atoms with Crippen molar-refractivity contribution in [2.75, 3.05) is 17.2 Å². The largest absolute Gasteiger partial charge is 0.481 e. The zero-order chi connectivity index (χ0) is 28.3. The van der Waals surface area contributed by atoms with E-state index in [1.54, 1.807) is 13.0 Å². The first-order valence-electron chi connectivity index (χ1n) is 10.9. The zero-order valence-electron chi connectivity index (χ0n) is 20.3. The molecule has 12 nitrogen and oxygen atoms in total. The smallest absolute Gasteiger partial charge is 0.264 e. The van der Waals surface area contributed by atoms with E-state index in [9.17, 15) is 22.8 Å². The van der Waals surface area contributed by atoms with E-state index in [2.05, 4.69) is 20.8 Å². The lowest BCUT2D eigenvalue weighted by molar-refractivity contribution is -0.191. The third-order valence-corrected chi connectivity index (χ3v) is 7.15. The molecule has 206 valence electrons. The van der Waals surface area contributed by atoms with Crippen LogP contribution < -0.4 is 15.4 Å². The van der Waals surface area contributed by atoms with Gasteiger partial charge in [-0.15, -0.1) is 0 Å². The molecule has 0 radical (unpaired) electrons. The minimum absolute atomic E-state index is 0.0207. The van der Waals surface area contributed by atoms with Crippen LogP contribution in [0.25, 0.3) is 0 Å². The summed E-state index contributed by atoms with van der Waals surface area (Å²) in [5, 5.41) is 8.58. The number of carbonyl (C=O) groups is 3. The van der Waals surface area contributed by atoms with Crippen LogP contribution in [-0.4, -0.2) is 39.1 Å². The van der Waals surface area contributed by atoms with Crippen LogP contribution in [0, 0.1) is 5.92 Å². The Kier molecular flexibility index (Phi) is 12.1. The standard InChI is InChI=1S/C22H24Cl2N4O8S2/c1-4-20(29)28-38(32,33)15-7-9-17(24)19(11-15)27-22(31)13(3)21(30)26-18-10-14(6-8-16(18)23)37-36-35-25-12-34-5-2/h6-13H,4-5H2,1-3H3,(H,26,30)(H,27,31)(H,28,29)/b25-12-. The number of rotatable bonds is 13. The summed E-state index contributed by atoms with van der Waals surface area (Å²) in [5.74, 6) is -3.43. The molecule has 0 spiro atoms. The minimum Gasteiger partial charge on any atom is -0.481 e. The normalized spacial score (nSPS) is 12.0. The van der Waals surface area contributed by atoms with Crippen LogP contribution in [0.3, 0.4) is 0 Å². The number of anilines is 2. The molecule has 0 saturated heterocycles. The number of benzene rings is 2. The van der Waals surface area contributed by atoms with E-state index in [0.29, 0.717) is 11.5 Å². The van der Waals surface area contributed by atoms with E-state index in [-0.39, 0.29) is 32.7 Å². The maximum atomic E-state index is 12.7. The Morgan fingerprint density at radius 3 is 2.24 bits per heavy atom. The highest BCUT2D eigenvalue weighted by molar-refractivity contribution is 7.94. The molecule has 0 bridgehead atoms. The van der Waals surface area contributed by atoms with E-state index < -0.39 is 33.7 Å². The van der Waals surface area contributed by atoms with Crippen molar-refractivity contribution in [2.24, 2.45) is 11.1 Å². The first kappa shape index (κ1) is 31.2. The van der Waals surface area contributed by atoms with Crippen LogP contribution in [0.15, 0.2) is 51.3 Å². The number of amides is 3. The van der Waals surface area contributed by atoms with Crippen LogP contribution in [0.4, 0.5) is 11.4 Å². The molecule has 0 saturated carbocycles. The number of sulfonamides is 1. The van der Waals surface area contributed by atoms with Gasteiger partial charge in [0.2, 0.25) is 24.1 Å². The second-order valence-electron chi connectivity index (χ2n) is 7.26. The van der Waals surface area contributed by atoms with Gasteiger partial charge < -0.3 is 15.4 Å². The zero-order valence-corrected chi connectivity index (χ0v) is 23.5. The third kappa shape index (κ3) is 9.36. The van der Waals surface area contributed by atoms with Crippen LogP contribution >= 0.6 is 35.2 Å². The molecule has 3 N–H and O–H groups in total. The predicted octanol–water partition coefficient (Wildman–Crippen LogP) is 4.36. The fraction of sp³-hybridized carbons (Fsp3) is 0.273. The molecular formula is C22H24Cl2N4O8S2. The van der Waals surface area contributed by atoms with Crippen molar-refractivity contribution in [2.45, 2.75) is 37.0 Å². The van der Waals surface area contributed by atoms with Crippen molar-refractivity contribution in [3.05, 3.63) is 46.4 Å². The van der Waals surface area contributed by atoms with Gasteiger partial charge in [-0.25, -0.2) is 18.1 Å². The number of ether oxygens (including phenoxy) is 1. The molecule has 0 heterocycles. The van der Waals surface area contributed by atoms with Gasteiger partial charge in [-0.05, 0) is 55.4 Å². The Bertz CT molecular complexity index is 1310. The van der Waals surface area contributed by atoms with Gasteiger partial charge in [0.15, 0.2) is 0 Å². The summed E-state index contributed by atoms with van der Waals surface area (Å²) in [5.41, 5.74) is 0.129. The molecule has 1 atom stereocenters.